The van der Waals surface area contributed by atoms with Crippen LogP contribution in [0.5, 0.6) is 0 Å². The lowest BCUT2D eigenvalue weighted by Crippen LogP contribution is -2.47. The van der Waals surface area contributed by atoms with Gasteiger partial charge < -0.3 is 9.84 Å². The molecule has 0 radical (unpaired) electrons. The van der Waals surface area contributed by atoms with E-state index in [0.29, 0.717) is 11.5 Å². The lowest BCUT2D eigenvalue weighted by atomic mass is 10.1. The molecule has 1 unspecified atom stereocenters. The Morgan fingerprint density at radius 3 is 2.39 bits per heavy atom. The van der Waals surface area contributed by atoms with Crippen molar-refractivity contribution in [3.05, 3.63) is 65.0 Å². The number of rotatable bonds is 7. The molecule has 1 aromatic heterocycles. The highest BCUT2D eigenvalue weighted by molar-refractivity contribution is 7.92. The third-order valence-corrected chi connectivity index (χ3v) is 6.27. The number of anilines is 1. The summed E-state index contributed by atoms with van der Waals surface area (Å²) in [5.74, 6) is 0.178. The van der Waals surface area contributed by atoms with Crippen LogP contribution in [-0.4, -0.2) is 36.8 Å². The Bertz CT molecular complexity index is 1190. The highest BCUT2D eigenvalue weighted by atomic mass is 32.2. The predicted octanol–water partition coefficient (Wildman–Crippen LogP) is 3.13. The number of aryl methyl sites for hydroxylation is 3. The van der Waals surface area contributed by atoms with Gasteiger partial charge in [0, 0.05) is 5.56 Å². The molecule has 3 rings (SSSR count). The first kappa shape index (κ1) is 22.5. The number of nitrogens with zero attached hydrogens (tertiary/aromatic N) is 3. The molecule has 0 aliphatic rings. The summed E-state index contributed by atoms with van der Waals surface area (Å²) >= 11 is 0. The lowest BCUT2D eigenvalue weighted by molar-refractivity contribution is -0.122. The largest absolute Gasteiger partial charge is 0.345 e. The average Bonchev–Trinajstić information content (AvgIpc) is 3.17. The van der Waals surface area contributed by atoms with Gasteiger partial charge in [-0.2, -0.15) is 4.98 Å². The maximum absolute atomic E-state index is 12.7. The van der Waals surface area contributed by atoms with Gasteiger partial charge >= 0.3 is 0 Å². The van der Waals surface area contributed by atoms with E-state index >= 15 is 0 Å². The fraction of sp³-hybridized carbons (Fsp3) is 0.318. The van der Waals surface area contributed by atoms with Crippen molar-refractivity contribution >= 4 is 21.6 Å². The number of nitrogens with one attached hydrogen (secondary N) is 1. The molecule has 0 saturated heterocycles. The highest BCUT2D eigenvalue weighted by Crippen LogP contribution is 2.24. The van der Waals surface area contributed by atoms with E-state index in [9.17, 15) is 13.2 Å². The summed E-state index contributed by atoms with van der Waals surface area (Å²) in [4.78, 5) is 17.0. The van der Waals surface area contributed by atoms with Gasteiger partial charge in [0.2, 0.25) is 27.6 Å². The van der Waals surface area contributed by atoms with E-state index in [-0.39, 0.29) is 12.4 Å². The molecule has 3 aromatic rings. The number of amides is 1. The van der Waals surface area contributed by atoms with Crippen LogP contribution in [-0.2, 0) is 21.4 Å². The zero-order chi connectivity index (χ0) is 22.8. The number of hydrogen-bond acceptors (Lipinski definition) is 6. The van der Waals surface area contributed by atoms with Crippen LogP contribution in [0.25, 0.3) is 11.4 Å². The normalized spacial score (nSPS) is 12.4. The molecule has 8 nitrogen and oxygen atoms in total. The molecule has 0 bridgehead atoms. The summed E-state index contributed by atoms with van der Waals surface area (Å²) in [6, 6.07) is 12.0. The van der Waals surface area contributed by atoms with E-state index in [4.69, 9.17) is 4.52 Å². The summed E-state index contributed by atoms with van der Waals surface area (Å²) in [6.45, 7) is 7.35. The van der Waals surface area contributed by atoms with Gasteiger partial charge in [-0.3, -0.25) is 9.10 Å². The zero-order valence-electron chi connectivity index (χ0n) is 18.2. The van der Waals surface area contributed by atoms with Crippen LogP contribution in [0.4, 0.5) is 5.69 Å². The van der Waals surface area contributed by atoms with E-state index < -0.39 is 22.0 Å². The monoisotopic (exact) mass is 442 g/mol. The Balaban J connectivity index is 1.72. The van der Waals surface area contributed by atoms with Crippen LogP contribution in [0.3, 0.4) is 0 Å². The molecule has 1 amide bonds. The van der Waals surface area contributed by atoms with Crippen LogP contribution < -0.4 is 9.62 Å². The Kier molecular flexibility index (Phi) is 6.45. The van der Waals surface area contributed by atoms with Crippen molar-refractivity contribution < 1.29 is 17.7 Å². The molecule has 9 heteroatoms. The highest BCUT2D eigenvalue weighted by Gasteiger charge is 2.29. The standard InChI is InChI=1S/C22H26N4O4S/c1-14-6-9-18(10-7-14)21-24-20(30-25-21)13-23-22(27)17(4)26(31(5,28)29)19-11-8-15(2)16(3)12-19/h6-12,17H,13H2,1-5H3,(H,23,27). The second-order valence-electron chi connectivity index (χ2n) is 7.60. The molecule has 0 aliphatic carbocycles. The molecule has 0 aliphatic heterocycles. The first-order valence-electron chi connectivity index (χ1n) is 9.80. The van der Waals surface area contributed by atoms with Gasteiger partial charge in [0.25, 0.3) is 0 Å². The number of sulfonamides is 1. The minimum absolute atomic E-state index is 0.00738. The van der Waals surface area contributed by atoms with Crippen molar-refractivity contribution in [2.45, 2.75) is 40.3 Å². The molecule has 1 N–H and O–H groups in total. The third-order valence-electron chi connectivity index (χ3n) is 5.03. The molecule has 1 heterocycles. The molecule has 0 fully saturated rings. The zero-order valence-corrected chi connectivity index (χ0v) is 19.0. The summed E-state index contributed by atoms with van der Waals surface area (Å²) < 4.78 is 31.2. The minimum Gasteiger partial charge on any atom is -0.345 e. The second-order valence-corrected chi connectivity index (χ2v) is 9.46. The fourth-order valence-electron chi connectivity index (χ4n) is 3.13. The van der Waals surface area contributed by atoms with E-state index in [1.165, 1.54) is 6.92 Å². The van der Waals surface area contributed by atoms with Gasteiger partial charge in [-0.05, 0) is 51.0 Å². The van der Waals surface area contributed by atoms with Crippen LogP contribution in [0.2, 0.25) is 0 Å². The van der Waals surface area contributed by atoms with Crippen LogP contribution >= 0.6 is 0 Å². The van der Waals surface area contributed by atoms with Gasteiger partial charge in [-0.1, -0.05) is 41.1 Å². The maximum Gasteiger partial charge on any atom is 0.246 e. The van der Waals surface area contributed by atoms with Crippen molar-refractivity contribution in [2.75, 3.05) is 10.6 Å². The smallest absolute Gasteiger partial charge is 0.246 e. The minimum atomic E-state index is -3.69. The second kappa shape index (κ2) is 8.89. The maximum atomic E-state index is 12.7. The molecular formula is C22H26N4O4S. The molecule has 164 valence electrons. The Labute approximate surface area is 182 Å². The van der Waals surface area contributed by atoms with Crippen LogP contribution in [0.15, 0.2) is 47.0 Å². The summed E-state index contributed by atoms with van der Waals surface area (Å²) in [7, 11) is -3.69. The first-order valence-corrected chi connectivity index (χ1v) is 11.6. The fourth-order valence-corrected chi connectivity index (χ4v) is 4.30. The topological polar surface area (TPSA) is 105 Å². The third kappa shape index (κ3) is 5.29. The number of carbonyl (C=O) groups is 1. The van der Waals surface area contributed by atoms with E-state index in [1.807, 2.05) is 51.1 Å². The van der Waals surface area contributed by atoms with Gasteiger partial charge in [0.05, 0.1) is 18.5 Å². The lowest BCUT2D eigenvalue weighted by Gasteiger charge is -2.28. The van der Waals surface area contributed by atoms with Crippen molar-refractivity contribution in [3.63, 3.8) is 0 Å². The Hall–Kier alpha value is -3.20. The average molecular weight is 443 g/mol. The van der Waals surface area contributed by atoms with E-state index in [1.54, 1.807) is 12.1 Å². The number of hydrogen-bond donors (Lipinski definition) is 1. The number of benzene rings is 2. The van der Waals surface area contributed by atoms with E-state index in [0.717, 1.165) is 32.8 Å². The van der Waals surface area contributed by atoms with Gasteiger partial charge in [0.15, 0.2) is 0 Å². The van der Waals surface area contributed by atoms with E-state index in [2.05, 4.69) is 15.5 Å². The summed E-state index contributed by atoms with van der Waals surface area (Å²) in [5, 5.41) is 6.61. The SMILES string of the molecule is Cc1ccc(-c2noc(CNC(=O)C(C)N(c3ccc(C)c(C)c3)S(C)(=O)=O)n2)cc1. The molecule has 2 aromatic carbocycles. The quantitative estimate of drug-likeness (QED) is 0.603. The van der Waals surface area contributed by atoms with Gasteiger partial charge in [-0.25, -0.2) is 8.42 Å². The molecule has 1 atom stereocenters. The van der Waals surface area contributed by atoms with Crippen molar-refractivity contribution in [2.24, 2.45) is 0 Å². The number of carbonyl (C=O) groups excluding carboxylic acids is 1. The van der Waals surface area contributed by atoms with Crippen LogP contribution in [0.1, 0.15) is 29.5 Å². The Morgan fingerprint density at radius 2 is 1.77 bits per heavy atom. The van der Waals surface area contributed by atoms with Gasteiger partial charge in [0.1, 0.15) is 6.04 Å². The first-order chi connectivity index (χ1) is 14.6. The molecule has 31 heavy (non-hydrogen) atoms. The summed E-state index contributed by atoms with van der Waals surface area (Å²) in [6.07, 6.45) is 1.08. The molecule has 0 spiro atoms. The molecule has 0 saturated carbocycles. The van der Waals surface area contributed by atoms with Crippen molar-refractivity contribution in [1.29, 1.82) is 0 Å². The molecular weight excluding hydrogens is 416 g/mol. The van der Waals surface area contributed by atoms with Gasteiger partial charge in [-0.15, -0.1) is 0 Å². The van der Waals surface area contributed by atoms with Crippen molar-refractivity contribution in [3.8, 4) is 11.4 Å². The predicted molar refractivity (Wildman–Crippen MR) is 119 cm³/mol. The summed E-state index contributed by atoms with van der Waals surface area (Å²) in [5.41, 5.74) is 4.34. The Morgan fingerprint density at radius 1 is 1.10 bits per heavy atom. The number of aromatic nitrogens is 2. The van der Waals surface area contributed by atoms with Crippen molar-refractivity contribution in [1.82, 2.24) is 15.5 Å². The van der Waals surface area contributed by atoms with Crippen LogP contribution in [0, 0.1) is 20.8 Å².